The van der Waals surface area contributed by atoms with E-state index in [2.05, 4.69) is 76.4 Å². The normalized spacial score (nSPS) is 14.1. The monoisotopic (exact) mass is 464 g/mol. The molecular formula is C31H48N2O. The van der Waals surface area contributed by atoms with Crippen LogP contribution in [0.1, 0.15) is 91.7 Å². The molecule has 0 aliphatic carbocycles. The summed E-state index contributed by atoms with van der Waals surface area (Å²) in [5.41, 5.74) is 3.40. The molecule has 2 unspecified atom stereocenters. The van der Waals surface area contributed by atoms with Crippen LogP contribution in [0.2, 0.25) is 0 Å². The minimum Gasteiger partial charge on any atom is -0.325 e. The van der Waals surface area contributed by atoms with Gasteiger partial charge in [-0.25, -0.2) is 0 Å². The van der Waals surface area contributed by atoms with Crippen molar-refractivity contribution in [2.24, 2.45) is 17.3 Å². The topological polar surface area (TPSA) is 41.1 Å². The van der Waals surface area contributed by atoms with Crippen molar-refractivity contribution < 1.29 is 4.79 Å². The fourth-order valence-electron chi connectivity index (χ4n) is 4.59. The molecule has 3 heteroatoms. The minimum absolute atomic E-state index is 0.00198. The molecule has 0 aliphatic rings. The molecule has 0 saturated carbocycles. The van der Waals surface area contributed by atoms with Gasteiger partial charge in [-0.15, -0.1) is 0 Å². The van der Waals surface area contributed by atoms with Crippen LogP contribution in [-0.4, -0.2) is 18.0 Å². The Kier molecular flexibility index (Phi) is 10.4. The van der Waals surface area contributed by atoms with Crippen LogP contribution >= 0.6 is 0 Å². The molecule has 2 rings (SSSR count). The number of hydrogen-bond acceptors (Lipinski definition) is 2. The van der Waals surface area contributed by atoms with Crippen LogP contribution in [0.5, 0.6) is 0 Å². The average Bonchev–Trinajstić information content (AvgIpc) is 2.75. The molecule has 2 atom stereocenters. The van der Waals surface area contributed by atoms with E-state index in [0.717, 1.165) is 31.5 Å². The lowest BCUT2D eigenvalue weighted by molar-refractivity contribution is -0.121. The van der Waals surface area contributed by atoms with Crippen molar-refractivity contribution in [2.75, 3.05) is 11.9 Å². The van der Waals surface area contributed by atoms with Crippen LogP contribution < -0.4 is 10.6 Å². The van der Waals surface area contributed by atoms with E-state index in [4.69, 9.17) is 0 Å². The van der Waals surface area contributed by atoms with Crippen LogP contribution in [-0.2, 0) is 11.2 Å². The molecule has 0 heterocycles. The summed E-state index contributed by atoms with van der Waals surface area (Å²) in [5.74, 6) is 1.90. The largest absolute Gasteiger partial charge is 0.325 e. The van der Waals surface area contributed by atoms with Crippen molar-refractivity contribution in [1.29, 1.82) is 0 Å². The number of carbonyl (C=O) groups excluding carboxylic acids is 1. The van der Waals surface area contributed by atoms with Gasteiger partial charge in [0.05, 0.1) is 5.54 Å². The van der Waals surface area contributed by atoms with Gasteiger partial charge in [-0.05, 0) is 92.5 Å². The summed E-state index contributed by atoms with van der Waals surface area (Å²) in [5, 5.41) is 6.43. The van der Waals surface area contributed by atoms with Crippen LogP contribution in [0.4, 0.5) is 5.69 Å². The van der Waals surface area contributed by atoms with Crippen LogP contribution in [0, 0.1) is 17.3 Å². The number of benzene rings is 2. The summed E-state index contributed by atoms with van der Waals surface area (Å²) < 4.78 is 0. The first-order valence-corrected chi connectivity index (χ1v) is 13.1. The fraction of sp³-hybridized carbons (Fsp3) is 0.581. The average molecular weight is 465 g/mol. The number of nitrogens with one attached hydrogen (secondary N) is 2. The molecule has 0 spiro atoms. The Morgan fingerprint density at radius 3 is 2.06 bits per heavy atom. The Balaban J connectivity index is 1.79. The summed E-state index contributed by atoms with van der Waals surface area (Å²) in [4.78, 5) is 12.6. The predicted octanol–water partition coefficient (Wildman–Crippen LogP) is 7.83. The summed E-state index contributed by atoms with van der Waals surface area (Å²) in [6, 6.07) is 19.0. The molecule has 0 radical (unpaired) electrons. The predicted molar refractivity (Wildman–Crippen MR) is 147 cm³/mol. The maximum atomic E-state index is 12.6. The maximum Gasteiger partial charge on any atom is 0.244 e. The molecule has 2 N–H and O–H groups in total. The van der Waals surface area contributed by atoms with Crippen molar-refractivity contribution >= 4 is 11.6 Å². The Bertz CT molecular complexity index is 863. The first kappa shape index (κ1) is 28.1. The van der Waals surface area contributed by atoms with Crippen molar-refractivity contribution in [2.45, 2.75) is 92.5 Å². The van der Waals surface area contributed by atoms with Crippen molar-refractivity contribution in [1.82, 2.24) is 5.32 Å². The minimum atomic E-state index is -0.603. The second kappa shape index (κ2) is 12.5. The highest BCUT2D eigenvalue weighted by Crippen LogP contribution is 2.39. The third-order valence-electron chi connectivity index (χ3n) is 6.76. The number of para-hydroxylation sites is 1. The molecule has 3 nitrogen and oxygen atoms in total. The number of hydrogen-bond donors (Lipinski definition) is 2. The van der Waals surface area contributed by atoms with E-state index in [9.17, 15) is 4.79 Å². The first-order chi connectivity index (χ1) is 15.9. The van der Waals surface area contributed by atoms with Gasteiger partial charge in [0.1, 0.15) is 0 Å². The van der Waals surface area contributed by atoms with Crippen LogP contribution in [0.15, 0.2) is 54.6 Å². The van der Waals surface area contributed by atoms with Gasteiger partial charge in [0, 0.05) is 5.69 Å². The van der Waals surface area contributed by atoms with Gasteiger partial charge in [-0.2, -0.15) is 0 Å². The van der Waals surface area contributed by atoms with Gasteiger partial charge >= 0.3 is 0 Å². The van der Waals surface area contributed by atoms with Gasteiger partial charge in [-0.1, -0.05) is 84.0 Å². The molecule has 1 amide bonds. The van der Waals surface area contributed by atoms with Crippen molar-refractivity contribution in [3.63, 3.8) is 0 Å². The second-order valence-electron chi connectivity index (χ2n) is 12.1. The summed E-state index contributed by atoms with van der Waals surface area (Å²) in [6.07, 6.45) is 4.53. The van der Waals surface area contributed by atoms with Gasteiger partial charge in [0.15, 0.2) is 0 Å². The molecule has 2 aromatic carbocycles. The highest BCUT2D eigenvalue weighted by Gasteiger charge is 2.27. The lowest BCUT2D eigenvalue weighted by Gasteiger charge is -2.33. The van der Waals surface area contributed by atoms with Gasteiger partial charge in [0.2, 0.25) is 5.91 Å². The Morgan fingerprint density at radius 1 is 0.882 bits per heavy atom. The first-order valence-electron chi connectivity index (χ1n) is 13.1. The molecule has 0 saturated heterocycles. The zero-order chi connectivity index (χ0) is 25.4. The van der Waals surface area contributed by atoms with E-state index in [1.54, 1.807) is 0 Å². The number of carbonyl (C=O) groups is 1. The third-order valence-corrected chi connectivity index (χ3v) is 6.76. The van der Waals surface area contributed by atoms with Crippen molar-refractivity contribution in [3.05, 3.63) is 65.7 Å². The van der Waals surface area contributed by atoms with Crippen LogP contribution in [0.3, 0.4) is 0 Å². The molecule has 0 fully saturated rings. The lowest BCUT2D eigenvalue weighted by Crippen LogP contribution is -2.50. The van der Waals surface area contributed by atoms with E-state index in [0.29, 0.717) is 17.8 Å². The van der Waals surface area contributed by atoms with Gasteiger partial charge in [0.25, 0.3) is 0 Å². The molecular weight excluding hydrogens is 416 g/mol. The molecule has 0 aliphatic heterocycles. The molecule has 34 heavy (non-hydrogen) atoms. The van der Waals surface area contributed by atoms with E-state index >= 15 is 0 Å². The number of anilines is 1. The Labute approximate surface area is 209 Å². The lowest BCUT2D eigenvalue weighted by atomic mass is 9.72. The summed E-state index contributed by atoms with van der Waals surface area (Å²) in [7, 11) is 0. The SMILES string of the molecule is CC(C)CC(c1ccc(CC(C)CCCNC(C)(C)C(=O)Nc2ccccc2)cc1)C(C)(C)C. The third kappa shape index (κ3) is 9.25. The smallest absolute Gasteiger partial charge is 0.244 e. The summed E-state index contributed by atoms with van der Waals surface area (Å²) in [6.45, 7) is 18.8. The molecule has 188 valence electrons. The molecule has 0 aromatic heterocycles. The second-order valence-corrected chi connectivity index (χ2v) is 12.1. The highest BCUT2D eigenvalue weighted by molar-refractivity contribution is 5.97. The highest BCUT2D eigenvalue weighted by atomic mass is 16.2. The quantitative estimate of drug-likeness (QED) is 0.314. The fourth-order valence-corrected chi connectivity index (χ4v) is 4.59. The van der Waals surface area contributed by atoms with Gasteiger partial charge < -0.3 is 10.6 Å². The summed E-state index contributed by atoms with van der Waals surface area (Å²) >= 11 is 0. The van der Waals surface area contributed by atoms with E-state index in [-0.39, 0.29) is 11.3 Å². The maximum absolute atomic E-state index is 12.6. The number of rotatable bonds is 12. The zero-order valence-corrected chi connectivity index (χ0v) is 22.9. The van der Waals surface area contributed by atoms with E-state index < -0.39 is 5.54 Å². The number of amides is 1. The van der Waals surface area contributed by atoms with Crippen molar-refractivity contribution in [3.8, 4) is 0 Å². The molecule has 0 bridgehead atoms. The molecule has 2 aromatic rings. The Morgan fingerprint density at radius 2 is 1.50 bits per heavy atom. The van der Waals surface area contributed by atoms with Crippen LogP contribution in [0.25, 0.3) is 0 Å². The van der Waals surface area contributed by atoms with E-state index in [1.807, 2.05) is 44.2 Å². The zero-order valence-electron chi connectivity index (χ0n) is 22.9. The van der Waals surface area contributed by atoms with E-state index in [1.165, 1.54) is 17.5 Å². The van der Waals surface area contributed by atoms with Gasteiger partial charge in [-0.3, -0.25) is 4.79 Å². The Hall–Kier alpha value is -2.13. The standard InChI is InChI=1S/C31H48N2O/c1-23(2)21-28(30(4,5)6)26-18-16-25(17-19-26)22-24(3)13-12-20-32-31(7,8)29(34)33-27-14-10-9-11-15-27/h9-11,14-19,23-24,28,32H,12-13,20-22H2,1-8H3,(H,33,34).